The second-order valence-corrected chi connectivity index (χ2v) is 6.13. The highest BCUT2D eigenvalue weighted by Crippen LogP contribution is 2.31. The van der Waals surface area contributed by atoms with Crippen molar-refractivity contribution in [1.29, 1.82) is 0 Å². The predicted molar refractivity (Wildman–Crippen MR) is 76.3 cm³/mol. The molecule has 0 fully saturated rings. The van der Waals surface area contributed by atoms with Gasteiger partial charge in [-0.25, -0.2) is 9.97 Å². The van der Waals surface area contributed by atoms with Crippen molar-refractivity contribution >= 4 is 33.1 Å². The number of hydrogen-bond acceptors (Lipinski definition) is 4. The van der Waals surface area contributed by atoms with Crippen LogP contribution in [0.4, 0.5) is 5.82 Å². The maximum absolute atomic E-state index is 5.90. The van der Waals surface area contributed by atoms with Crippen LogP contribution in [-0.2, 0) is 6.42 Å². The van der Waals surface area contributed by atoms with Gasteiger partial charge < -0.3 is 5.73 Å². The summed E-state index contributed by atoms with van der Waals surface area (Å²) in [6, 6.07) is 2.11. The zero-order valence-electron chi connectivity index (χ0n) is 10.0. The van der Waals surface area contributed by atoms with Gasteiger partial charge in [0.2, 0.25) is 0 Å². The molecule has 0 aliphatic rings. The minimum absolute atomic E-state index is 0.509. The summed E-state index contributed by atoms with van der Waals surface area (Å²) in [5, 5.41) is 0. The summed E-state index contributed by atoms with van der Waals surface area (Å²) in [6.07, 6.45) is 0.836. The maximum atomic E-state index is 5.90. The first kappa shape index (κ1) is 12.5. The number of hydrogen-bond donors (Lipinski definition) is 1. The summed E-state index contributed by atoms with van der Waals surface area (Å²) < 4.78 is 0.813. The number of anilines is 1. The Morgan fingerprint density at radius 2 is 2.06 bits per heavy atom. The molecular formula is C12H14BrN3S. The number of nitrogens with zero attached hydrogens (tertiary/aromatic N) is 2. The van der Waals surface area contributed by atoms with E-state index >= 15 is 0 Å². The Morgan fingerprint density at radius 1 is 1.35 bits per heavy atom. The molecule has 2 N–H and O–H groups in total. The molecule has 5 heteroatoms. The number of aromatic nitrogens is 2. The first-order chi connectivity index (χ1) is 8.02. The van der Waals surface area contributed by atoms with Crippen LogP contribution in [0.15, 0.2) is 10.5 Å². The SMILES string of the molecule is CCc1nc(-c2cc(C)sc2C)nc(N)c1Br. The fraction of sp³-hybridized carbons (Fsp3) is 0.333. The van der Waals surface area contributed by atoms with Crippen molar-refractivity contribution in [1.82, 2.24) is 9.97 Å². The first-order valence-electron chi connectivity index (χ1n) is 5.42. The van der Waals surface area contributed by atoms with Crippen molar-refractivity contribution in [2.45, 2.75) is 27.2 Å². The molecule has 2 aromatic rings. The molecule has 2 heterocycles. The van der Waals surface area contributed by atoms with E-state index in [4.69, 9.17) is 5.73 Å². The van der Waals surface area contributed by atoms with Gasteiger partial charge >= 0.3 is 0 Å². The molecule has 3 nitrogen and oxygen atoms in total. The van der Waals surface area contributed by atoms with Crippen molar-refractivity contribution in [2.75, 3.05) is 5.73 Å². The smallest absolute Gasteiger partial charge is 0.162 e. The topological polar surface area (TPSA) is 51.8 Å². The molecule has 0 saturated heterocycles. The summed E-state index contributed by atoms with van der Waals surface area (Å²) in [6.45, 7) is 6.23. The van der Waals surface area contributed by atoms with E-state index in [0.29, 0.717) is 5.82 Å². The van der Waals surface area contributed by atoms with E-state index in [9.17, 15) is 0 Å². The third-order valence-electron chi connectivity index (χ3n) is 2.56. The number of nitrogens with two attached hydrogens (primary N) is 1. The lowest BCUT2D eigenvalue weighted by Crippen LogP contribution is -2.02. The van der Waals surface area contributed by atoms with Crippen LogP contribution >= 0.6 is 27.3 Å². The third kappa shape index (κ3) is 2.35. The predicted octanol–water partition coefficient (Wildman–Crippen LogP) is 3.73. The zero-order valence-corrected chi connectivity index (χ0v) is 12.4. The summed E-state index contributed by atoms with van der Waals surface area (Å²) in [7, 11) is 0. The largest absolute Gasteiger partial charge is 0.383 e. The standard InChI is InChI=1S/C12H14BrN3S/c1-4-9-10(13)11(14)16-12(15-9)8-5-6(2)17-7(8)3/h5H,4H2,1-3H3,(H2,14,15,16). The van der Waals surface area contributed by atoms with E-state index in [0.717, 1.165) is 28.0 Å². The summed E-state index contributed by atoms with van der Waals surface area (Å²) in [5.74, 6) is 1.24. The lowest BCUT2D eigenvalue weighted by molar-refractivity contribution is 0.995. The van der Waals surface area contributed by atoms with Crippen molar-refractivity contribution in [3.63, 3.8) is 0 Å². The second kappa shape index (κ2) is 4.74. The minimum Gasteiger partial charge on any atom is -0.383 e. The van der Waals surface area contributed by atoms with Crippen LogP contribution in [0, 0.1) is 13.8 Å². The molecule has 0 bridgehead atoms. The van der Waals surface area contributed by atoms with E-state index in [1.54, 1.807) is 11.3 Å². The molecule has 0 unspecified atom stereocenters. The number of aryl methyl sites for hydroxylation is 3. The van der Waals surface area contributed by atoms with Crippen molar-refractivity contribution in [3.05, 3.63) is 26.0 Å². The van der Waals surface area contributed by atoms with Gasteiger partial charge in [0, 0.05) is 15.3 Å². The van der Waals surface area contributed by atoms with Gasteiger partial charge in [0.25, 0.3) is 0 Å². The third-order valence-corrected chi connectivity index (χ3v) is 4.39. The Bertz CT molecular complexity index is 563. The van der Waals surface area contributed by atoms with Crippen LogP contribution in [-0.4, -0.2) is 9.97 Å². The highest BCUT2D eigenvalue weighted by atomic mass is 79.9. The number of nitrogen functional groups attached to an aromatic ring is 1. The van der Waals surface area contributed by atoms with E-state index in [-0.39, 0.29) is 0 Å². The monoisotopic (exact) mass is 311 g/mol. The van der Waals surface area contributed by atoms with Gasteiger partial charge in [-0.2, -0.15) is 0 Å². The molecule has 90 valence electrons. The van der Waals surface area contributed by atoms with Gasteiger partial charge in [-0.15, -0.1) is 11.3 Å². The van der Waals surface area contributed by atoms with Gasteiger partial charge in [0.05, 0.1) is 10.2 Å². The zero-order chi connectivity index (χ0) is 12.6. The Kier molecular flexibility index (Phi) is 3.49. The number of thiophene rings is 1. The number of rotatable bonds is 2. The van der Waals surface area contributed by atoms with E-state index in [2.05, 4.69) is 52.7 Å². The van der Waals surface area contributed by atoms with Crippen LogP contribution in [0.5, 0.6) is 0 Å². The second-order valence-electron chi connectivity index (χ2n) is 3.87. The van der Waals surface area contributed by atoms with Crippen molar-refractivity contribution < 1.29 is 0 Å². The molecule has 2 rings (SSSR count). The lowest BCUT2D eigenvalue weighted by atomic mass is 10.2. The van der Waals surface area contributed by atoms with E-state index in [1.165, 1.54) is 9.75 Å². The van der Waals surface area contributed by atoms with Crippen molar-refractivity contribution in [3.8, 4) is 11.4 Å². The summed E-state index contributed by atoms with van der Waals surface area (Å²) in [5.41, 5.74) is 7.94. The lowest BCUT2D eigenvalue weighted by Gasteiger charge is -2.07. The molecule has 0 amide bonds. The highest BCUT2D eigenvalue weighted by molar-refractivity contribution is 9.10. The van der Waals surface area contributed by atoms with Crippen LogP contribution in [0.3, 0.4) is 0 Å². The van der Waals surface area contributed by atoms with Gasteiger partial charge in [0.15, 0.2) is 5.82 Å². The summed E-state index contributed by atoms with van der Waals surface area (Å²) >= 11 is 5.18. The minimum atomic E-state index is 0.509. The Morgan fingerprint density at radius 3 is 2.59 bits per heavy atom. The average molecular weight is 312 g/mol. The molecular weight excluding hydrogens is 298 g/mol. The first-order valence-corrected chi connectivity index (χ1v) is 7.03. The Hall–Kier alpha value is -0.940. The Balaban J connectivity index is 2.60. The molecule has 0 aliphatic carbocycles. The molecule has 0 saturated carbocycles. The van der Waals surface area contributed by atoms with Crippen LogP contribution in [0.1, 0.15) is 22.4 Å². The maximum Gasteiger partial charge on any atom is 0.162 e. The molecule has 0 aliphatic heterocycles. The highest BCUT2D eigenvalue weighted by Gasteiger charge is 2.13. The van der Waals surface area contributed by atoms with E-state index < -0.39 is 0 Å². The number of halogens is 1. The van der Waals surface area contributed by atoms with E-state index in [1.807, 2.05) is 0 Å². The van der Waals surface area contributed by atoms with Gasteiger partial charge in [-0.1, -0.05) is 6.92 Å². The fourth-order valence-electron chi connectivity index (χ4n) is 1.72. The fourth-order valence-corrected chi connectivity index (χ4v) is 3.10. The van der Waals surface area contributed by atoms with Gasteiger partial charge in [-0.05, 0) is 42.3 Å². The van der Waals surface area contributed by atoms with Crippen molar-refractivity contribution in [2.24, 2.45) is 0 Å². The average Bonchev–Trinajstić information content (AvgIpc) is 2.61. The molecule has 2 aromatic heterocycles. The molecule has 0 spiro atoms. The normalized spacial score (nSPS) is 10.8. The van der Waals surface area contributed by atoms with Crippen LogP contribution in [0.25, 0.3) is 11.4 Å². The molecule has 0 radical (unpaired) electrons. The Labute approximate surface area is 113 Å². The molecule has 0 aromatic carbocycles. The summed E-state index contributed by atoms with van der Waals surface area (Å²) in [4.78, 5) is 11.4. The van der Waals surface area contributed by atoms with Crippen LogP contribution in [0.2, 0.25) is 0 Å². The molecule has 17 heavy (non-hydrogen) atoms. The van der Waals surface area contributed by atoms with Crippen LogP contribution < -0.4 is 5.73 Å². The van der Waals surface area contributed by atoms with Gasteiger partial charge in [-0.3, -0.25) is 0 Å². The quantitative estimate of drug-likeness (QED) is 0.919. The molecule has 0 atom stereocenters. The van der Waals surface area contributed by atoms with Gasteiger partial charge in [0.1, 0.15) is 5.82 Å².